The van der Waals surface area contributed by atoms with E-state index < -0.39 is 0 Å². The van der Waals surface area contributed by atoms with Gasteiger partial charge in [-0.25, -0.2) is 9.97 Å². The summed E-state index contributed by atoms with van der Waals surface area (Å²) in [6.45, 7) is 4.02. The van der Waals surface area contributed by atoms with Gasteiger partial charge in [-0.3, -0.25) is 0 Å². The third kappa shape index (κ3) is 0.978. The Labute approximate surface area is 70.4 Å². The first kappa shape index (κ1) is 7.28. The van der Waals surface area contributed by atoms with Gasteiger partial charge in [0, 0.05) is 12.6 Å². The summed E-state index contributed by atoms with van der Waals surface area (Å²) in [6, 6.07) is 1.93. The standard InChI is InChI=1S/C9H10N2O/c1-3-7-11-8-6(2)4-5-10-9(8)12-7/h4-5H,3H2,1-2H3. The van der Waals surface area contributed by atoms with Gasteiger partial charge in [-0.1, -0.05) is 6.92 Å². The third-order valence-corrected chi connectivity index (χ3v) is 1.85. The number of rotatable bonds is 1. The monoisotopic (exact) mass is 162 g/mol. The van der Waals surface area contributed by atoms with Crippen molar-refractivity contribution in [3.05, 3.63) is 23.7 Å². The summed E-state index contributed by atoms with van der Waals surface area (Å²) in [6.07, 6.45) is 2.55. The highest BCUT2D eigenvalue weighted by molar-refractivity contribution is 5.71. The number of hydrogen-bond acceptors (Lipinski definition) is 3. The fourth-order valence-electron chi connectivity index (χ4n) is 1.15. The van der Waals surface area contributed by atoms with Crippen LogP contribution in [0.25, 0.3) is 11.2 Å². The molecule has 2 heterocycles. The molecule has 0 atom stereocenters. The van der Waals surface area contributed by atoms with Gasteiger partial charge >= 0.3 is 0 Å². The van der Waals surface area contributed by atoms with Gasteiger partial charge in [0.25, 0.3) is 0 Å². The largest absolute Gasteiger partial charge is 0.422 e. The Kier molecular flexibility index (Phi) is 1.57. The number of pyridine rings is 1. The van der Waals surface area contributed by atoms with E-state index in [1.165, 1.54) is 0 Å². The summed E-state index contributed by atoms with van der Waals surface area (Å²) in [5.41, 5.74) is 2.64. The van der Waals surface area contributed by atoms with Crippen LogP contribution in [0.4, 0.5) is 0 Å². The van der Waals surface area contributed by atoms with Crippen molar-refractivity contribution < 1.29 is 4.42 Å². The second-order valence-corrected chi connectivity index (χ2v) is 2.74. The minimum atomic E-state index is 0.645. The number of aryl methyl sites for hydroxylation is 2. The van der Waals surface area contributed by atoms with Gasteiger partial charge in [0.05, 0.1) is 0 Å². The molecule has 0 N–H and O–H groups in total. The molecule has 62 valence electrons. The predicted molar refractivity (Wildman–Crippen MR) is 45.9 cm³/mol. The molecule has 12 heavy (non-hydrogen) atoms. The van der Waals surface area contributed by atoms with E-state index in [0.29, 0.717) is 5.71 Å². The normalized spacial score (nSPS) is 10.8. The van der Waals surface area contributed by atoms with Crippen molar-refractivity contribution in [2.75, 3.05) is 0 Å². The summed E-state index contributed by atoms with van der Waals surface area (Å²) in [7, 11) is 0. The van der Waals surface area contributed by atoms with Crippen LogP contribution in [-0.4, -0.2) is 9.97 Å². The molecule has 2 aromatic rings. The number of oxazole rings is 1. The second kappa shape index (κ2) is 2.59. The van der Waals surface area contributed by atoms with E-state index in [4.69, 9.17) is 4.42 Å². The minimum absolute atomic E-state index is 0.645. The first-order chi connectivity index (χ1) is 5.81. The average Bonchev–Trinajstić information content (AvgIpc) is 2.49. The maximum atomic E-state index is 5.38. The molecule has 0 unspecified atom stereocenters. The highest BCUT2D eigenvalue weighted by atomic mass is 16.4. The predicted octanol–water partition coefficient (Wildman–Crippen LogP) is 2.09. The maximum absolute atomic E-state index is 5.38. The molecule has 0 amide bonds. The van der Waals surface area contributed by atoms with Crippen LogP contribution in [0.2, 0.25) is 0 Å². The Morgan fingerprint density at radius 3 is 3.00 bits per heavy atom. The molecule has 0 bridgehead atoms. The van der Waals surface area contributed by atoms with E-state index in [1.807, 2.05) is 19.9 Å². The molecule has 0 aliphatic heterocycles. The van der Waals surface area contributed by atoms with E-state index >= 15 is 0 Å². The topological polar surface area (TPSA) is 38.9 Å². The number of nitrogens with zero attached hydrogens (tertiary/aromatic N) is 2. The Morgan fingerprint density at radius 2 is 2.33 bits per heavy atom. The number of fused-ring (bicyclic) bond motifs is 1. The van der Waals surface area contributed by atoms with Gasteiger partial charge in [0.2, 0.25) is 5.71 Å². The van der Waals surface area contributed by atoms with Gasteiger partial charge in [-0.2, -0.15) is 0 Å². The highest BCUT2D eigenvalue weighted by Crippen LogP contribution is 2.16. The summed E-state index contributed by atoms with van der Waals surface area (Å²) in [5.74, 6) is 0.756. The van der Waals surface area contributed by atoms with Crippen molar-refractivity contribution in [2.24, 2.45) is 0 Å². The molecular formula is C9H10N2O. The van der Waals surface area contributed by atoms with Crippen LogP contribution in [0.5, 0.6) is 0 Å². The van der Waals surface area contributed by atoms with Crippen LogP contribution in [0.15, 0.2) is 16.7 Å². The highest BCUT2D eigenvalue weighted by Gasteiger charge is 2.05. The smallest absolute Gasteiger partial charge is 0.247 e. The summed E-state index contributed by atoms with van der Waals surface area (Å²) >= 11 is 0. The molecule has 0 saturated carbocycles. The lowest BCUT2D eigenvalue weighted by Crippen LogP contribution is -1.79. The first-order valence-electron chi connectivity index (χ1n) is 4.02. The zero-order chi connectivity index (χ0) is 8.55. The van der Waals surface area contributed by atoms with Crippen LogP contribution < -0.4 is 0 Å². The van der Waals surface area contributed by atoms with E-state index in [1.54, 1.807) is 6.20 Å². The average molecular weight is 162 g/mol. The van der Waals surface area contributed by atoms with Crippen molar-refractivity contribution in [1.29, 1.82) is 0 Å². The van der Waals surface area contributed by atoms with E-state index in [-0.39, 0.29) is 0 Å². The number of hydrogen-bond donors (Lipinski definition) is 0. The van der Waals surface area contributed by atoms with Crippen LogP contribution in [0.1, 0.15) is 18.4 Å². The lowest BCUT2D eigenvalue weighted by Gasteiger charge is -1.87. The van der Waals surface area contributed by atoms with Crippen molar-refractivity contribution in [1.82, 2.24) is 9.97 Å². The maximum Gasteiger partial charge on any atom is 0.247 e. The van der Waals surface area contributed by atoms with Gasteiger partial charge in [0.15, 0.2) is 5.89 Å². The van der Waals surface area contributed by atoms with Gasteiger partial charge < -0.3 is 4.42 Å². The zero-order valence-electron chi connectivity index (χ0n) is 7.16. The van der Waals surface area contributed by atoms with Gasteiger partial charge in [-0.15, -0.1) is 0 Å². The molecule has 0 fully saturated rings. The van der Waals surface area contributed by atoms with Crippen molar-refractivity contribution >= 4 is 11.2 Å². The minimum Gasteiger partial charge on any atom is -0.422 e. The molecule has 2 rings (SSSR count). The SMILES string of the molecule is CCc1nc2c(C)ccnc2o1. The molecule has 0 aliphatic carbocycles. The third-order valence-electron chi connectivity index (χ3n) is 1.85. The molecular weight excluding hydrogens is 152 g/mol. The molecule has 0 aromatic carbocycles. The van der Waals surface area contributed by atoms with Crippen molar-refractivity contribution in [2.45, 2.75) is 20.3 Å². The number of aromatic nitrogens is 2. The zero-order valence-corrected chi connectivity index (χ0v) is 7.16. The Balaban J connectivity index is 2.74. The molecule has 2 aromatic heterocycles. The lowest BCUT2D eigenvalue weighted by molar-refractivity contribution is 0.529. The van der Waals surface area contributed by atoms with Crippen molar-refractivity contribution in [3.63, 3.8) is 0 Å². The summed E-state index contributed by atoms with van der Waals surface area (Å²) < 4.78 is 5.38. The molecule has 0 radical (unpaired) electrons. The first-order valence-corrected chi connectivity index (χ1v) is 4.02. The molecule has 3 heteroatoms. The Bertz CT molecular complexity index is 406. The molecule has 3 nitrogen and oxygen atoms in total. The lowest BCUT2D eigenvalue weighted by atomic mass is 10.3. The Hall–Kier alpha value is -1.38. The van der Waals surface area contributed by atoms with Gasteiger partial charge in [-0.05, 0) is 18.6 Å². The van der Waals surface area contributed by atoms with Crippen LogP contribution in [0, 0.1) is 6.92 Å². The fourth-order valence-corrected chi connectivity index (χ4v) is 1.15. The summed E-state index contributed by atoms with van der Waals surface area (Å²) in [5, 5.41) is 0. The van der Waals surface area contributed by atoms with Crippen molar-refractivity contribution in [3.8, 4) is 0 Å². The van der Waals surface area contributed by atoms with Gasteiger partial charge in [0.1, 0.15) is 5.52 Å². The second-order valence-electron chi connectivity index (χ2n) is 2.74. The van der Waals surface area contributed by atoms with E-state index in [0.717, 1.165) is 23.4 Å². The van der Waals surface area contributed by atoms with E-state index in [9.17, 15) is 0 Å². The van der Waals surface area contributed by atoms with Crippen LogP contribution in [0.3, 0.4) is 0 Å². The molecule has 0 saturated heterocycles. The fraction of sp³-hybridized carbons (Fsp3) is 0.333. The quantitative estimate of drug-likeness (QED) is 0.644. The Morgan fingerprint density at radius 1 is 1.50 bits per heavy atom. The molecule has 0 spiro atoms. The van der Waals surface area contributed by atoms with E-state index in [2.05, 4.69) is 9.97 Å². The van der Waals surface area contributed by atoms with Crippen LogP contribution in [-0.2, 0) is 6.42 Å². The van der Waals surface area contributed by atoms with Crippen LogP contribution >= 0.6 is 0 Å². The summed E-state index contributed by atoms with van der Waals surface area (Å²) in [4.78, 5) is 8.38. The molecule has 0 aliphatic rings.